The van der Waals surface area contributed by atoms with Crippen LogP contribution in [0.2, 0.25) is 0 Å². The SMILES string of the molecule is C.C.CO.Cc1ccc2c(c1)C1=C(C(=O)N(C)C1)c1c[c-]ccc1O2.Cc1ccc2c(c1)[C@@]1(C)CN(C)C(=O)[C@@]1(C)c1c[c-]ccc1O2.Cc1ccc2c(c1)[C@@]1(C)CN(C)C(=O)[C@]1(C)c1c[c-]ccc1O2.[H-].[H-].[Mg+2].[V].[Y].[Y].[Y]. The van der Waals surface area contributed by atoms with Crippen molar-refractivity contribution in [1.82, 2.24) is 14.7 Å². The monoisotopic (exact) mass is 1300 g/mol. The second-order valence-electron chi connectivity index (χ2n) is 19.8. The normalized spacial score (nSPS) is 21.8. The van der Waals surface area contributed by atoms with Gasteiger partial charge in [-0.05, 0) is 50.6 Å². The molecule has 0 unspecified atom stereocenters. The minimum Gasteiger partial charge on any atom is -1.00 e. The van der Waals surface area contributed by atoms with E-state index in [1.165, 1.54) is 11.1 Å². The van der Waals surface area contributed by atoms with Gasteiger partial charge in [0.25, 0.3) is 0 Å². The number of amides is 3. The van der Waals surface area contributed by atoms with Crippen LogP contribution >= 0.6 is 0 Å². The Morgan fingerprint density at radius 2 is 0.868 bits per heavy atom. The maximum absolute atomic E-state index is 13.1. The number of aliphatic hydroxyl groups is 1. The molecule has 0 spiro atoms. The van der Waals surface area contributed by atoms with Gasteiger partial charge in [0.1, 0.15) is 17.2 Å². The molecule has 4 radical (unpaired) electrons. The molecule has 3 amide bonds. The number of carbonyl (C=O) groups is 3. The molecule has 6 aliphatic heterocycles. The van der Waals surface area contributed by atoms with Crippen molar-refractivity contribution in [2.75, 3.05) is 47.9 Å². The topological polar surface area (TPSA) is 109 Å². The van der Waals surface area contributed by atoms with Crippen molar-refractivity contribution in [2.45, 2.75) is 85.0 Å². The molecular formula is C61H68MgN3O7VY3-3. The molecule has 4 atom stereocenters. The third kappa shape index (κ3) is 11.3. The number of carbonyl (C=O) groups excluding carboxylic acids is 3. The summed E-state index contributed by atoms with van der Waals surface area (Å²) in [5.41, 5.74) is 9.18. The van der Waals surface area contributed by atoms with E-state index in [1.807, 2.05) is 125 Å². The van der Waals surface area contributed by atoms with Gasteiger partial charge >= 0.3 is 23.1 Å². The van der Waals surface area contributed by atoms with E-state index in [2.05, 4.69) is 76.2 Å². The fourth-order valence-electron chi connectivity index (χ4n) is 11.5. The fraction of sp³-hybridized carbons (Fsp3) is 0.328. The maximum atomic E-state index is 13.1. The van der Waals surface area contributed by atoms with E-state index in [-0.39, 0.29) is 186 Å². The zero-order valence-corrected chi connectivity index (χ0v) is 55.5. The molecule has 6 heterocycles. The number of aryl methyl sites for hydroxylation is 3. The number of likely N-dealkylation sites (N-methyl/N-ethyl adjacent to an activating group) is 3. The Morgan fingerprint density at radius 3 is 1.32 bits per heavy atom. The minimum atomic E-state index is -0.659. The number of fused-ring (bicyclic) bond motifs is 14. The molecule has 6 aliphatic rings. The molecule has 10 nitrogen and oxygen atoms in total. The second kappa shape index (κ2) is 26.8. The van der Waals surface area contributed by atoms with Gasteiger partial charge in [0.05, 0.1) is 0 Å². The van der Waals surface area contributed by atoms with Gasteiger partial charge in [0, 0.05) is 226 Å². The summed E-state index contributed by atoms with van der Waals surface area (Å²) in [4.78, 5) is 44.2. The van der Waals surface area contributed by atoms with E-state index in [0.29, 0.717) is 25.4 Å². The molecule has 6 aromatic rings. The number of hydrogen-bond donors (Lipinski definition) is 1. The first-order valence-corrected chi connectivity index (χ1v) is 23.2. The third-order valence-corrected chi connectivity index (χ3v) is 15.5. The molecular weight excluding hydrogens is 1230 g/mol. The number of nitrogens with zero attached hydrogens (tertiary/aromatic N) is 3. The molecule has 0 bridgehead atoms. The molecule has 0 saturated carbocycles. The Kier molecular flexibility index (Phi) is 24.6. The van der Waals surface area contributed by atoms with Crippen LogP contribution < -0.4 is 14.2 Å². The summed E-state index contributed by atoms with van der Waals surface area (Å²) in [5, 5.41) is 7.00. The van der Waals surface area contributed by atoms with Crippen molar-refractivity contribution in [2.24, 2.45) is 0 Å². The minimum absolute atomic E-state index is 0. The quantitative estimate of drug-likeness (QED) is 0.119. The first-order valence-electron chi connectivity index (χ1n) is 23.2. The molecule has 2 saturated heterocycles. The van der Waals surface area contributed by atoms with Crippen LogP contribution in [-0.4, -0.2) is 108 Å². The summed E-state index contributed by atoms with van der Waals surface area (Å²) in [7, 11) is 6.60. The molecule has 76 heavy (non-hydrogen) atoms. The Morgan fingerprint density at radius 1 is 0.513 bits per heavy atom. The Labute approximate surface area is 557 Å². The third-order valence-electron chi connectivity index (χ3n) is 15.5. The average Bonchev–Trinajstić information content (AvgIpc) is 3.70. The summed E-state index contributed by atoms with van der Waals surface area (Å²) in [6, 6.07) is 44.7. The van der Waals surface area contributed by atoms with E-state index < -0.39 is 10.8 Å². The number of hydrogen-bond acceptors (Lipinski definition) is 7. The molecule has 15 heteroatoms. The molecule has 2 fully saturated rings. The number of rotatable bonds is 0. The van der Waals surface area contributed by atoms with Crippen molar-refractivity contribution in [3.05, 3.63) is 177 Å². The molecule has 6 aromatic carbocycles. The molecule has 388 valence electrons. The van der Waals surface area contributed by atoms with Crippen LogP contribution in [0.15, 0.2) is 109 Å². The largest absolute Gasteiger partial charge is 2.00 e. The smallest absolute Gasteiger partial charge is 1.00 e. The number of benzene rings is 6. The summed E-state index contributed by atoms with van der Waals surface area (Å²) in [6.07, 6.45) is 0. The number of likely N-dealkylation sites (tertiary alicyclic amines) is 2. The molecule has 0 aromatic heterocycles. The van der Waals surface area contributed by atoms with Gasteiger partial charge in [-0.25, -0.2) is 0 Å². The van der Waals surface area contributed by atoms with Gasteiger partial charge in [-0.3, -0.25) is 14.4 Å². The first kappa shape index (κ1) is 69.6. The van der Waals surface area contributed by atoms with Crippen molar-refractivity contribution >= 4 is 51.9 Å². The Balaban J connectivity index is 0.00000106. The average molecular weight is 1300 g/mol. The van der Waals surface area contributed by atoms with E-state index in [9.17, 15) is 14.4 Å². The van der Waals surface area contributed by atoms with E-state index in [4.69, 9.17) is 19.3 Å². The van der Waals surface area contributed by atoms with Gasteiger partial charge in [-0.15, -0.1) is 18.2 Å². The summed E-state index contributed by atoms with van der Waals surface area (Å²) in [5.74, 6) is 5.04. The molecule has 12 rings (SSSR count). The van der Waals surface area contributed by atoms with Crippen LogP contribution in [0, 0.1) is 39.0 Å². The predicted molar refractivity (Wildman–Crippen MR) is 288 cm³/mol. The number of aliphatic hydroxyl groups excluding tert-OH is 1. The maximum Gasteiger partial charge on any atom is 2.00 e. The van der Waals surface area contributed by atoms with Crippen LogP contribution in [0.4, 0.5) is 0 Å². The summed E-state index contributed by atoms with van der Waals surface area (Å²) < 4.78 is 18.5. The first-order chi connectivity index (χ1) is 32.9. The van der Waals surface area contributed by atoms with Gasteiger partial charge in [0.15, 0.2) is 0 Å². The summed E-state index contributed by atoms with van der Waals surface area (Å²) >= 11 is 0. The van der Waals surface area contributed by atoms with Gasteiger partial charge in [0.2, 0.25) is 17.7 Å². The standard InChI is InChI=1S/2C20H20NO2.C18H14NO2.CH4O.2CH4.Mg.V.3Y.2H/c2*1-13-9-10-17-15(11-13)19(2)12-21(4)18(22)20(19,3)14-7-5-6-8-16(14)23-17;1-11-7-8-16-13(9-11)14-10-19(2)18(20)17(14)12-5-3-4-6-15(12)21-16;1-2;;;;;;;;;/h2*6-11H,12H2,1-4H3;4-9H,10H2,1-2H3;2H,1H3;2*1H4;;;;;;;/q3*-1;;;;+2;;;;;2*-1/t19-,20+;19-,20-;;;;;;;;;;;/m11.........../s1. The zero-order valence-electron chi connectivity index (χ0n) is 46.1. The van der Waals surface area contributed by atoms with Gasteiger partial charge < -0.3 is 36.9 Å². The second-order valence-corrected chi connectivity index (χ2v) is 19.8. The van der Waals surface area contributed by atoms with Crippen LogP contribution in [0.25, 0.3) is 11.1 Å². The molecule has 1 N–H and O–H groups in total. The van der Waals surface area contributed by atoms with Crippen molar-refractivity contribution in [3.63, 3.8) is 0 Å². The Bertz CT molecular complexity index is 3030. The van der Waals surface area contributed by atoms with Crippen LogP contribution in [0.1, 0.15) is 95.5 Å². The van der Waals surface area contributed by atoms with Crippen molar-refractivity contribution in [1.29, 1.82) is 0 Å². The van der Waals surface area contributed by atoms with E-state index >= 15 is 0 Å². The fourth-order valence-corrected chi connectivity index (χ4v) is 11.5. The van der Waals surface area contributed by atoms with Crippen LogP contribution in [0.5, 0.6) is 34.5 Å². The van der Waals surface area contributed by atoms with Crippen molar-refractivity contribution in [3.8, 4) is 34.5 Å². The number of ether oxygens (including phenoxy) is 3. The van der Waals surface area contributed by atoms with Crippen LogP contribution in [-0.2, 0) is 153 Å². The predicted octanol–water partition coefficient (Wildman–Crippen LogP) is 11.2. The van der Waals surface area contributed by atoms with Crippen LogP contribution in [0.3, 0.4) is 0 Å². The van der Waals surface area contributed by atoms with Gasteiger partial charge in [-0.1, -0.05) is 106 Å². The zero-order chi connectivity index (χ0) is 49.4. The van der Waals surface area contributed by atoms with Crippen molar-refractivity contribution < 1.29 is 153 Å². The van der Waals surface area contributed by atoms with Gasteiger partial charge in [-0.2, -0.15) is 54.6 Å². The molecule has 0 aliphatic carbocycles. The van der Waals surface area contributed by atoms with E-state index in [0.717, 1.165) is 85.9 Å². The van der Waals surface area contributed by atoms with E-state index in [1.54, 1.807) is 11.0 Å². The summed E-state index contributed by atoms with van der Waals surface area (Å²) in [6.45, 7) is 16.6. The Hall–Kier alpha value is -2.51.